The average Bonchev–Trinajstić information content (AvgIpc) is 3.27. The van der Waals surface area contributed by atoms with E-state index in [4.69, 9.17) is 0 Å². The van der Waals surface area contributed by atoms with Gasteiger partial charge in [0.05, 0.1) is 25.0 Å². The topological polar surface area (TPSA) is 79.7 Å². The number of nitrogens with zero attached hydrogens (tertiary/aromatic N) is 5. The maximum atomic E-state index is 12.7. The summed E-state index contributed by atoms with van der Waals surface area (Å²) in [7, 11) is 1.75. The Morgan fingerprint density at radius 1 is 1.15 bits per heavy atom. The first-order valence-electron chi connectivity index (χ1n) is 8.71. The van der Waals surface area contributed by atoms with Gasteiger partial charge in [-0.2, -0.15) is 0 Å². The molecule has 4 rings (SSSR count). The molecule has 3 aromatic heterocycles. The quantitative estimate of drug-likeness (QED) is 0.593. The van der Waals surface area contributed by atoms with Crippen molar-refractivity contribution in [2.24, 2.45) is 0 Å². The number of rotatable bonds is 5. The maximum absolute atomic E-state index is 12.7. The van der Waals surface area contributed by atoms with Crippen LogP contribution in [0.15, 0.2) is 55.1 Å². The SMILES string of the molecule is Cc1cnc(CN(C)C(=O)c2cnc3c(c2)ncn3Cc2ccccc2)[nH]1. The first-order valence-corrected chi connectivity index (χ1v) is 8.71. The van der Waals surface area contributed by atoms with E-state index in [-0.39, 0.29) is 5.91 Å². The molecule has 1 aromatic carbocycles. The second-order valence-corrected chi connectivity index (χ2v) is 6.60. The van der Waals surface area contributed by atoms with Crippen molar-refractivity contribution in [3.05, 3.63) is 77.8 Å². The monoisotopic (exact) mass is 360 g/mol. The maximum Gasteiger partial charge on any atom is 0.255 e. The summed E-state index contributed by atoms with van der Waals surface area (Å²) in [6, 6.07) is 11.9. The van der Waals surface area contributed by atoms with Crippen LogP contribution in [0.1, 0.15) is 27.4 Å². The van der Waals surface area contributed by atoms with E-state index in [9.17, 15) is 4.79 Å². The summed E-state index contributed by atoms with van der Waals surface area (Å²) in [6.07, 6.45) is 5.12. The number of aromatic nitrogens is 5. The lowest BCUT2D eigenvalue weighted by atomic mass is 10.2. The molecule has 27 heavy (non-hydrogen) atoms. The van der Waals surface area contributed by atoms with Crippen LogP contribution in [-0.4, -0.2) is 42.4 Å². The number of aromatic amines is 1. The van der Waals surface area contributed by atoms with Crippen LogP contribution in [0.2, 0.25) is 0 Å². The number of amides is 1. The van der Waals surface area contributed by atoms with E-state index in [1.807, 2.05) is 29.7 Å². The molecule has 1 amide bonds. The number of pyridine rings is 1. The summed E-state index contributed by atoms with van der Waals surface area (Å²) in [5.41, 5.74) is 4.13. The molecule has 0 fully saturated rings. The predicted molar refractivity (Wildman–Crippen MR) is 102 cm³/mol. The summed E-state index contributed by atoms with van der Waals surface area (Å²) in [5.74, 6) is 0.639. The van der Waals surface area contributed by atoms with Crippen molar-refractivity contribution in [2.45, 2.75) is 20.0 Å². The minimum absolute atomic E-state index is 0.115. The van der Waals surface area contributed by atoms with Crippen LogP contribution in [0.4, 0.5) is 0 Å². The first-order chi connectivity index (χ1) is 13.1. The summed E-state index contributed by atoms with van der Waals surface area (Å²) in [5, 5.41) is 0. The van der Waals surface area contributed by atoms with Crippen molar-refractivity contribution in [2.75, 3.05) is 7.05 Å². The van der Waals surface area contributed by atoms with Gasteiger partial charge in [0.15, 0.2) is 5.65 Å². The molecule has 0 spiro atoms. The molecule has 0 aliphatic rings. The van der Waals surface area contributed by atoms with Crippen LogP contribution in [0.5, 0.6) is 0 Å². The molecule has 0 atom stereocenters. The number of fused-ring (bicyclic) bond motifs is 1. The smallest absolute Gasteiger partial charge is 0.255 e. The molecule has 0 aliphatic carbocycles. The van der Waals surface area contributed by atoms with Crippen LogP contribution in [0.25, 0.3) is 11.2 Å². The largest absolute Gasteiger partial charge is 0.345 e. The van der Waals surface area contributed by atoms with Gasteiger partial charge in [-0.3, -0.25) is 4.79 Å². The van der Waals surface area contributed by atoms with Gasteiger partial charge < -0.3 is 14.5 Å². The van der Waals surface area contributed by atoms with Crippen LogP contribution >= 0.6 is 0 Å². The number of carbonyl (C=O) groups is 1. The Morgan fingerprint density at radius 2 is 1.96 bits per heavy atom. The number of benzene rings is 1. The molecular formula is C20H20N6O. The highest BCUT2D eigenvalue weighted by molar-refractivity contribution is 5.96. The van der Waals surface area contributed by atoms with Gasteiger partial charge in [0.1, 0.15) is 11.3 Å². The van der Waals surface area contributed by atoms with Crippen LogP contribution in [0.3, 0.4) is 0 Å². The Balaban J connectivity index is 1.54. The normalized spacial score (nSPS) is 11.0. The van der Waals surface area contributed by atoms with E-state index >= 15 is 0 Å². The van der Waals surface area contributed by atoms with Gasteiger partial charge >= 0.3 is 0 Å². The highest BCUT2D eigenvalue weighted by Crippen LogP contribution is 2.15. The van der Waals surface area contributed by atoms with Gasteiger partial charge in [-0.05, 0) is 18.6 Å². The van der Waals surface area contributed by atoms with Gasteiger partial charge in [-0.15, -0.1) is 0 Å². The Morgan fingerprint density at radius 3 is 2.70 bits per heavy atom. The Hall–Kier alpha value is -3.48. The number of hydrogen-bond acceptors (Lipinski definition) is 4. The molecule has 136 valence electrons. The predicted octanol–water partition coefficient (Wildman–Crippen LogP) is 2.78. The Kier molecular flexibility index (Phi) is 4.42. The van der Waals surface area contributed by atoms with Gasteiger partial charge in [0, 0.05) is 25.1 Å². The van der Waals surface area contributed by atoms with Crippen LogP contribution in [0, 0.1) is 6.92 Å². The number of imidazole rings is 2. The number of hydrogen-bond donors (Lipinski definition) is 1. The van der Waals surface area contributed by atoms with E-state index in [1.54, 1.807) is 36.7 Å². The van der Waals surface area contributed by atoms with E-state index in [0.717, 1.165) is 17.2 Å². The zero-order chi connectivity index (χ0) is 18.8. The number of nitrogens with one attached hydrogen (secondary N) is 1. The lowest BCUT2D eigenvalue weighted by Gasteiger charge is -2.15. The molecule has 0 radical (unpaired) electrons. The molecule has 0 bridgehead atoms. The molecule has 0 unspecified atom stereocenters. The van der Waals surface area contributed by atoms with Crippen molar-refractivity contribution in [3.8, 4) is 0 Å². The molecule has 7 nitrogen and oxygen atoms in total. The van der Waals surface area contributed by atoms with E-state index < -0.39 is 0 Å². The zero-order valence-electron chi connectivity index (χ0n) is 15.3. The van der Waals surface area contributed by atoms with Gasteiger partial charge in [-0.25, -0.2) is 15.0 Å². The number of aryl methyl sites for hydroxylation is 1. The Labute approximate surface area is 156 Å². The molecular weight excluding hydrogens is 340 g/mol. The zero-order valence-corrected chi connectivity index (χ0v) is 15.3. The molecule has 1 N–H and O–H groups in total. The average molecular weight is 360 g/mol. The van der Waals surface area contributed by atoms with Crippen molar-refractivity contribution in [1.29, 1.82) is 0 Å². The third-order valence-corrected chi connectivity index (χ3v) is 4.39. The fraction of sp³-hybridized carbons (Fsp3) is 0.200. The molecule has 3 heterocycles. The van der Waals surface area contributed by atoms with Crippen LogP contribution in [-0.2, 0) is 13.1 Å². The Bertz CT molecular complexity index is 1080. The molecule has 0 saturated heterocycles. The second kappa shape index (κ2) is 7.03. The van der Waals surface area contributed by atoms with E-state index in [1.165, 1.54) is 5.56 Å². The third kappa shape index (κ3) is 3.57. The third-order valence-electron chi connectivity index (χ3n) is 4.39. The highest BCUT2D eigenvalue weighted by Gasteiger charge is 2.16. The standard InChI is InChI=1S/C20H20N6O/c1-14-9-21-18(24-14)12-25(2)20(27)16-8-17-19(22-10-16)26(13-23-17)11-15-6-4-3-5-7-15/h3-10,13H,11-12H2,1-2H3,(H,21,24). The molecule has 7 heteroatoms. The van der Waals surface area contributed by atoms with Gasteiger partial charge in [0.25, 0.3) is 5.91 Å². The fourth-order valence-corrected chi connectivity index (χ4v) is 3.03. The highest BCUT2D eigenvalue weighted by atomic mass is 16.2. The fourth-order valence-electron chi connectivity index (χ4n) is 3.03. The molecule has 0 aliphatic heterocycles. The van der Waals surface area contributed by atoms with Crippen LogP contribution < -0.4 is 0 Å². The minimum Gasteiger partial charge on any atom is -0.345 e. The van der Waals surface area contributed by atoms with Crippen molar-refractivity contribution in [1.82, 2.24) is 29.4 Å². The summed E-state index contributed by atoms with van der Waals surface area (Å²) >= 11 is 0. The van der Waals surface area contributed by atoms with Gasteiger partial charge in [-0.1, -0.05) is 30.3 Å². The van der Waals surface area contributed by atoms with E-state index in [2.05, 4.69) is 32.1 Å². The van der Waals surface area contributed by atoms with E-state index in [0.29, 0.717) is 24.2 Å². The molecule has 4 aromatic rings. The lowest BCUT2D eigenvalue weighted by molar-refractivity contribution is 0.0781. The second-order valence-electron chi connectivity index (χ2n) is 6.60. The summed E-state index contributed by atoms with van der Waals surface area (Å²) in [6.45, 7) is 3.03. The van der Waals surface area contributed by atoms with Crippen molar-refractivity contribution >= 4 is 17.1 Å². The summed E-state index contributed by atoms with van der Waals surface area (Å²) < 4.78 is 1.98. The lowest BCUT2D eigenvalue weighted by Crippen LogP contribution is -2.26. The number of carbonyl (C=O) groups excluding carboxylic acids is 1. The summed E-state index contributed by atoms with van der Waals surface area (Å²) in [4.78, 5) is 30.6. The minimum atomic E-state index is -0.115. The first kappa shape index (κ1) is 17.0. The van der Waals surface area contributed by atoms with Crippen molar-refractivity contribution in [3.63, 3.8) is 0 Å². The van der Waals surface area contributed by atoms with Gasteiger partial charge in [0.2, 0.25) is 0 Å². The number of H-pyrrole nitrogens is 1. The molecule has 0 saturated carbocycles. The van der Waals surface area contributed by atoms with Crippen molar-refractivity contribution < 1.29 is 4.79 Å².